The van der Waals surface area contributed by atoms with Gasteiger partial charge in [-0.1, -0.05) is 55.5 Å². The van der Waals surface area contributed by atoms with E-state index in [2.05, 4.69) is 22.8 Å². The fourth-order valence-corrected chi connectivity index (χ4v) is 3.55. The van der Waals surface area contributed by atoms with Crippen molar-refractivity contribution in [1.29, 1.82) is 0 Å². The molecule has 0 radical (unpaired) electrons. The fraction of sp³-hybridized carbons (Fsp3) is 0.318. The van der Waals surface area contributed by atoms with Crippen LogP contribution in [-0.2, 0) is 14.3 Å². The molecule has 2 aromatic carbocycles. The Hall–Kier alpha value is -3.35. The summed E-state index contributed by atoms with van der Waals surface area (Å²) in [5, 5.41) is 5.01. The van der Waals surface area contributed by atoms with Crippen LogP contribution in [0, 0.1) is 0 Å². The summed E-state index contributed by atoms with van der Waals surface area (Å²) in [7, 11) is 0. The molecule has 1 unspecified atom stereocenters. The van der Waals surface area contributed by atoms with Gasteiger partial charge in [-0.15, -0.1) is 0 Å². The van der Waals surface area contributed by atoms with Gasteiger partial charge in [-0.2, -0.15) is 0 Å². The smallest absolute Gasteiger partial charge is 0.407 e. The van der Waals surface area contributed by atoms with Crippen molar-refractivity contribution >= 4 is 17.9 Å². The van der Waals surface area contributed by atoms with Crippen LogP contribution in [0.2, 0.25) is 0 Å². The van der Waals surface area contributed by atoms with E-state index in [0.29, 0.717) is 6.42 Å². The molecule has 2 aromatic rings. The minimum Gasteiger partial charge on any atom is -0.449 e. The van der Waals surface area contributed by atoms with Gasteiger partial charge in [0.2, 0.25) is 11.8 Å². The number of rotatable bonds is 7. The molecule has 4 N–H and O–H groups in total. The van der Waals surface area contributed by atoms with Crippen molar-refractivity contribution in [1.82, 2.24) is 10.6 Å². The van der Waals surface area contributed by atoms with Crippen LogP contribution in [0.1, 0.15) is 37.3 Å². The number of carbonyl (C=O) groups excluding carboxylic acids is 3. The van der Waals surface area contributed by atoms with Gasteiger partial charge in [0.05, 0.1) is 0 Å². The maximum Gasteiger partial charge on any atom is 0.407 e. The van der Waals surface area contributed by atoms with Crippen LogP contribution in [-0.4, -0.2) is 36.6 Å². The number of amides is 3. The van der Waals surface area contributed by atoms with Crippen molar-refractivity contribution in [2.75, 3.05) is 6.61 Å². The molecule has 2 atom stereocenters. The summed E-state index contributed by atoms with van der Waals surface area (Å²) in [6.45, 7) is 3.41. The number of hydrogen-bond acceptors (Lipinski definition) is 4. The zero-order valence-corrected chi connectivity index (χ0v) is 16.5. The molecular formula is C22H25N3O4. The largest absolute Gasteiger partial charge is 0.449 e. The Morgan fingerprint density at radius 3 is 2.07 bits per heavy atom. The summed E-state index contributed by atoms with van der Waals surface area (Å²) in [6.07, 6.45) is -0.319. The molecule has 0 bridgehead atoms. The maximum absolute atomic E-state index is 12.2. The average Bonchev–Trinajstić information content (AvgIpc) is 3.03. The summed E-state index contributed by atoms with van der Waals surface area (Å²) in [5.74, 6) is -1.17. The average molecular weight is 395 g/mol. The van der Waals surface area contributed by atoms with E-state index in [9.17, 15) is 14.4 Å². The summed E-state index contributed by atoms with van der Waals surface area (Å²) < 4.78 is 5.42. The molecule has 0 spiro atoms. The van der Waals surface area contributed by atoms with Crippen LogP contribution in [0.5, 0.6) is 0 Å². The number of nitrogens with two attached hydrogens (primary N) is 1. The summed E-state index contributed by atoms with van der Waals surface area (Å²) in [4.78, 5) is 35.6. The normalized spacial score (nSPS) is 14.3. The molecule has 0 fully saturated rings. The lowest BCUT2D eigenvalue weighted by atomic mass is 9.98. The Balaban J connectivity index is 1.60. The lowest BCUT2D eigenvalue weighted by Gasteiger charge is -2.19. The van der Waals surface area contributed by atoms with E-state index >= 15 is 0 Å². The topological polar surface area (TPSA) is 111 Å². The molecule has 3 amide bonds. The standard InChI is InChI=1S/C22H25N3O4/c1-3-19(20(23)26)25-21(27)13(2)24-22(28)29-12-18-16-10-6-4-8-14(16)15-9-5-7-11-17(15)18/h4-11,13,18-19H,3,12H2,1-2H3,(H2,23,26)(H,24,28)(H,25,27)/t13-,19?/m0/s1. The minimum absolute atomic E-state index is 0.0587. The zero-order valence-electron chi connectivity index (χ0n) is 16.5. The van der Waals surface area contributed by atoms with E-state index in [1.165, 1.54) is 6.92 Å². The highest BCUT2D eigenvalue weighted by molar-refractivity contribution is 5.90. The zero-order chi connectivity index (χ0) is 21.0. The Morgan fingerprint density at radius 1 is 1.00 bits per heavy atom. The Kier molecular flexibility index (Phi) is 6.16. The summed E-state index contributed by atoms with van der Waals surface area (Å²) >= 11 is 0. The fourth-order valence-electron chi connectivity index (χ4n) is 3.55. The third-order valence-corrected chi connectivity index (χ3v) is 5.14. The Labute approximate surface area is 169 Å². The van der Waals surface area contributed by atoms with Crippen LogP contribution in [0.4, 0.5) is 4.79 Å². The van der Waals surface area contributed by atoms with Gasteiger partial charge in [-0.05, 0) is 35.6 Å². The first-order valence-corrected chi connectivity index (χ1v) is 9.63. The second kappa shape index (κ2) is 8.77. The lowest BCUT2D eigenvalue weighted by molar-refractivity contribution is -0.128. The molecule has 152 valence electrons. The molecule has 0 aromatic heterocycles. The van der Waals surface area contributed by atoms with E-state index in [-0.39, 0.29) is 12.5 Å². The van der Waals surface area contributed by atoms with Gasteiger partial charge in [0.1, 0.15) is 18.7 Å². The highest BCUT2D eigenvalue weighted by Gasteiger charge is 2.29. The van der Waals surface area contributed by atoms with Gasteiger partial charge in [0, 0.05) is 5.92 Å². The number of carbonyl (C=O) groups is 3. The van der Waals surface area contributed by atoms with Crippen LogP contribution in [0.15, 0.2) is 48.5 Å². The number of fused-ring (bicyclic) bond motifs is 3. The third-order valence-electron chi connectivity index (χ3n) is 5.14. The van der Waals surface area contributed by atoms with Crippen molar-refractivity contribution in [2.45, 2.75) is 38.3 Å². The predicted molar refractivity (Wildman–Crippen MR) is 109 cm³/mol. The van der Waals surface area contributed by atoms with Gasteiger partial charge in [-0.3, -0.25) is 9.59 Å². The second-order valence-electron chi connectivity index (χ2n) is 7.06. The Bertz CT molecular complexity index is 882. The monoisotopic (exact) mass is 395 g/mol. The second-order valence-corrected chi connectivity index (χ2v) is 7.06. The third kappa shape index (κ3) is 4.39. The van der Waals surface area contributed by atoms with E-state index in [0.717, 1.165) is 22.3 Å². The molecule has 0 heterocycles. The highest BCUT2D eigenvalue weighted by atomic mass is 16.5. The molecule has 0 saturated heterocycles. The lowest BCUT2D eigenvalue weighted by Crippen LogP contribution is -2.51. The molecule has 1 aliphatic rings. The van der Waals surface area contributed by atoms with Crippen molar-refractivity contribution in [2.24, 2.45) is 5.73 Å². The van der Waals surface area contributed by atoms with Crippen LogP contribution >= 0.6 is 0 Å². The predicted octanol–water partition coefficient (Wildman–Crippen LogP) is 2.29. The molecule has 0 saturated carbocycles. The first-order valence-electron chi connectivity index (χ1n) is 9.63. The van der Waals surface area contributed by atoms with Crippen molar-refractivity contribution in [3.8, 4) is 11.1 Å². The number of nitrogens with one attached hydrogen (secondary N) is 2. The summed E-state index contributed by atoms with van der Waals surface area (Å²) in [5.41, 5.74) is 9.73. The van der Waals surface area contributed by atoms with E-state index in [1.807, 2.05) is 36.4 Å². The molecular weight excluding hydrogens is 370 g/mol. The van der Waals surface area contributed by atoms with Gasteiger partial charge in [-0.25, -0.2) is 4.79 Å². The van der Waals surface area contributed by atoms with Crippen molar-refractivity contribution in [3.05, 3.63) is 59.7 Å². The Morgan fingerprint density at radius 2 is 1.55 bits per heavy atom. The highest BCUT2D eigenvalue weighted by Crippen LogP contribution is 2.44. The van der Waals surface area contributed by atoms with Crippen LogP contribution < -0.4 is 16.4 Å². The number of ether oxygens (including phenoxy) is 1. The molecule has 29 heavy (non-hydrogen) atoms. The molecule has 1 aliphatic carbocycles. The number of alkyl carbamates (subject to hydrolysis) is 1. The van der Waals surface area contributed by atoms with Gasteiger partial charge < -0.3 is 21.1 Å². The van der Waals surface area contributed by atoms with Gasteiger partial charge in [0.25, 0.3) is 0 Å². The number of benzene rings is 2. The van der Waals surface area contributed by atoms with Gasteiger partial charge >= 0.3 is 6.09 Å². The van der Waals surface area contributed by atoms with Crippen molar-refractivity contribution in [3.63, 3.8) is 0 Å². The minimum atomic E-state index is -0.862. The number of primary amides is 1. The molecule has 3 rings (SSSR count). The summed E-state index contributed by atoms with van der Waals surface area (Å²) in [6, 6.07) is 14.5. The SMILES string of the molecule is CCC(NC(=O)[C@H](C)NC(=O)OCC1c2ccccc2-c2ccccc21)C(N)=O. The van der Waals surface area contributed by atoms with Crippen LogP contribution in [0.25, 0.3) is 11.1 Å². The van der Waals surface area contributed by atoms with Gasteiger partial charge in [0.15, 0.2) is 0 Å². The maximum atomic E-state index is 12.2. The van der Waals surface area contributed by atoms with E-state index < -0.39 is 30.0 Å². The van der Waals surface area contributed by atoms with E-state index in [1.54, 1.807) is 6.92 Å². The van der Waals surface area contributed by atoms with Crippen molar-refractivity contribution < 1.29 is 19.1 Å². The number of hydrogen-bond donors (Lipinski definition) is 3. The van der Waals surface area contributed by atoms with E-state index in [4.69, 9.17) is 10.5 Å². The first kappa shape index (κ1) is 20.4. The first-order chi connectivity index (χ1) is 13.9. The van der Waals surface area contributed by atoms with Crippen LogP contribution in [0.3, 0.4) is 0 Å². The molecule has 7 nitrogen and oxygen atoms in total. The molecule has 0 aliphatic heterocycles. The molecule has 7 heteroatoms. The quantitative estimate of drug-likeness (QED) is 0.668.